The zero-order valence-corrected chi connectivity index (χ0v) is 26.4. The number of nitrogens with one attached hydrogen (secondary N) is 1. The lowest BCUT2D eigenvalue weighted by molar-refractivity contribution is -0.307. The molecule has 4 rings (SSSR count). The first kappa shape index (κ1) is 38.7. The molecule has 10 N–H and O–H groups in total. The van der Waals surface area contributed by atoms with E-state index in [2.05, 4.69) is 20.3 Å². The van der Waals surface area contributed by atoms with Gasteiger partial charge in [0.15, 0.2) is 17.7 Å². The van der Waals surface area contributed by atoms with E-state index in [1.165, 1.54) is 17.2 Å². The van der Waals surface area contributed by atoms with Crippen LogP contribution in [0.3, 0.4) is 0 Å². The molecule has 0 aliphatic carbocycles. The molecule has 43 heavy (non-hydrogen) atoms. The number of nitrogen functional groups attached to an aromatic ring is 1. The molecule has 242 valence electrons. The lowest BCUT2D eigenvalue weighted by Gasteiger charge is -2.16. The molecule has 7 atom stereocenters. The van der Waals surface area contributed by atoms with Crippen LogP contribution in [0.5, 0.6) is 0 Å². The number of nitrogens with zero attached hydrogens (tertiary/aromatic N) is 4. The second-order valence-corrected chi connectivity index (χ2v) is 12.8. The number of anilines is 1. The minimum Gasteiger partial charge on any atom is -0.548 e. The maximum Gasteiger partial charge on any atom is 0.167 e. The summed E-state index contributed by atoms with van der Waals surface area (Å²) in [6.07, 6.45) is 0.630. The number of carbonyl (C=O) groups is 1. The van der Waals surface area contributed by atoms with Crippen LogP contribution in [0.15, 0.2) is 36.9 Å². The Bertz CT molecular complexity index is 1290. The standard InChI is InChI=1S/C15H22N6O5S.C11H16ClNO.ClH.H2O/c1-27(3-2-7(16)15(24)25)4-8-10(22)11(23)14(26-8)21-6-20-9-12(17)18-5-19-13(9)21;1-8(2)13-7-11(14)9-5-3-4-6-10(9)12;;/h5-8,10-11,14,22-23H,2-4,16H2,1H3,(H2-,17,18,19,24,25);3-6,8,11,13-14H,7H2,1-2H3;1H;1H2/t7?,8-,10-,11-,14-,27?;;;/m1.../s1. The number of fused-ring (bicyclic) bond motifs is 1. The van der Waals surface area contributed by atoms with Gasteiger partial charge in [0.2, 0.25) is 0 Å². The molecule has 0 amide bonds. The molecule has 1 aromatic carbocycles. The lowest BCUT2D eigenvalue weighted by Crippen LogP contribution is -2.43. The molecule has 17 heteroatoms. The summed E-state index contributed by atoms with van der Waals surface area (Å²) in [6, 6.07) is 6.71. The van der Waals surface area contributed by atoms with E-state index in [4.69, 9.17) is 27.8 Å². The van der Waals surface area contributed by atoms with Gasteiger partial charge in [-0.05, 0) is 17.0 Å². The van der Waals surface area contributed by atoms with Gasteiger partial charge < -0.3 is 52.2 Å². The molecule has 0 spiro atoms. The van der Waals surface area contributed by atoms with E-state index < -0.39 is 42.7 Å². The highest BCUT2D eigenvalue weighted by atomic mass is 35.5. The molecule has 2 aromatic heterocycles. The summed E-state index contributed by atoms with van der Waals surface area (Å²) in [4.78, 5) is 22.8. The van der Waals surface area contributed by atoms with Gasteiger partial charge in [0.1, 0.15) is 41.7 Å². The van der Waals surface area contributed by atoms with Gasteiger partial charge in [0, 0.05) is 35.6 Å². The first-order chi connectivity index (χ1) is 19.4. The Morgan fingerprint density at radius 1 is 1.23 bits per heavy atom. The van der Waals surface area contributed by atoms with Gasteiger partial charge in [-0.3, -0.25) is 4.57 Å². The van der Waals surface area contributed by atoms with Crippen molar-refractivity contribution in [1.82, 2.24) is 24.8 Å². The minimum atomic E-state index is -1.28. The number of carboxylic acids is 1. The molecular weight excluding hydrogens is 625 g/mol. The van der Waals surface area contributed by atoms with Gasteiger partial charge in [-0.1, -0.05) is 43.6 Å². The minimum absolute atomic E-state index is 0. The van der Waals surface area contributed by atoms with E-state index in [1.807, 2.05) is 38.3 Å². The van der Waals surface area contributed by atoms with Gasteiger partial charge >= 0.3 is 0 Å². The topological polar surface area (TPSA) is 249 Å². The molecule has 1 aliphatic heterocycles. The largest absolute Gasteiger partial charge is 0.548 e. The molecule has 3 unspecified atom stereocenters. The van der Waals surface area contributed by atoms with E-state index in [0.29, 0.717) is 40.3 Å². The number of carboxylic acid groups (broad SMARTS) is 1. The predicted octanol–water partition coefficient (Wildman–Crippen LogP) is -1.29. The average Bonchev–Trinajstić information content (AvgIpc) is 3.48. The summed E-state index contributed by atoms with van der Waals surface area (Å²) in [5.74, 6) is -0.0611. The van der Waals surface area contributed by atoms with Crippen molar-refractivity contribution in [3.05, 3.63) is 47.5 Å². The van der Waals surface area contributed by atoms with Crippen LogP contribution in [0.2, 0.25) is 5.02 Å². The number of nitrogens with two attached hydrogens (primary N) is 2. The van der Waals surface area contributed by atoms with Crippen molar-refractivity contribution in [2.75, 3.05) is 30.0 Å². The van der Waals surface area contributed by atoms with Gasteiger partial charge in [-0.25, -0.2) is 15.0 Å². The highest BCUT2D eigenvalue weighted by Gasteiger charge is 2.46. The normalized spacial score (nSPS) is 21.7. The molecular formula is C26H41Cl2N7O7S. The van der Waals surface area contributed by atoms with Crippen LogP contribution in [-0.4, -0.2) is 101 Å². The average molecular weight is 667 g/mol. The molecule has 3 heterocycles. The number of hydrogen-bond donors (Lipinski definition) is 6. The number of aliphatic carboxylic acids is 1. The summed E-state index contributed by atoms with van der Waals surface area (Å²) in [5, 5.41) is 45.1. The second kappa shape index (κ2) is 17.9. The van der Waals surface area contributed by atoms with Crippen molar-refractivity contribution in [3.63, 3.8) is 0 Å². The van der Waals surface area contributed by atoms with E-state index in [9.17, 15) is 25.2 Å². The Morgan fingerprint density at radius 3 is 2.53 bits per heavy atom. The molecule has 3 aromatic rings. The number of aromatic nitrogens is 4. The van der Waals surface area contributed by atoms with Crippen molar-refractivity contribution in [1.29, 1.82) is 0 Å². The van der Waals surface area contributed by atoms with Crippen molar-refractivity contribution in [3.8, 4) is 0 Å². The van der Waals surface area contributed by atoms with E-state index >= 15 is 0 Å². The van der Waals surface area contributed by atoms with Gasteiger partial charge in [-0.15, -0.1) is 12.4 Å². The van der Waals surface area contributed by atoms with Gasteiger partial charge in [-0.2, -0.15) is 0 Å². The smallest absolute Gasteiger partial charge is 0.167 e. The van der Waals surface area contributed by atoms with Crippen LogP contribution in [0.1, 0.15) is 38.2 Å². The Kier molecular flexibility index (Phi) is 16.1. The molecule has 0 saturated carbocycles. The van der Waals surface area contributed by atoms with Crippen molar-refractivity contribution >= 4 is 57.9 Å². The number of benzene rings is 1. The van der Waals surface area contributed by atoms with Crippen molar-refractivity contribution < 1.29 is 35.4 Å². The highest BCUT2D eigenvalue weighted by molar-refractivity contribution is 7.96. The first-order valence-corrected chi connectivity index (χ1v) is 15.4. The lowest BCUT2D eigenvalue weighted by atomic mass is 10.1. The quantitative estimate of drug-likeness (QED) is 0.131. The van der Waals surface area contributed by atoms with E-state index in [1.54, 1.807) is 6.07 Å². The van der Waals surface area contributed by atoms with Crippen molar-refractivity contribution in [2.24, 2.45) is 5.73 Å². The molecule has 1 saturated heterocycles. The molecule has 0 radical (unpaired) electrons. The summed E-state index contributed by atoms with van der Waals surface area (Å²) >= 11 is 5.95. The fourth-order valence-electron chi connectivity index (χ4n) is 4.17. The summed E-state index contributed by atoms with van der Waals surface area (Å²) in [7, 11) is -0.263. The Hall–Kier alpha value is -2.31. The van der Waals surface area contributed by atoms with E-state index in [0.717, 1.165) is 5.56 Å². The zero-order chi connectivity index (χ0) is 30.3. The Morgan fingerprint density at radius 2 is 1.91 bits per heavy atom. The summed E-state index contributed by atoms with van der Waals surface area (Å²) in [6.45, 7) is 4.61. The summed E-state index contributed by atoms with van der Waals surface area (Å²) < 4.78 is 7.39. The van der Waals surface area contributed by atoms with Crippen LogP contribution >= 0.6 is 24.0 Å². The third kappa shape index (κ3) is 10.4. The number of halogens is 2. The molecule has 0 bridgehead atoms. The Labute approximate surface area is 263 Å². The molecule has 1 aliphatic rings. The Balaban J connectivity index is 0.000000493. The maximum atomic E-state index is 10.7. The highest BCUT2D eigenvalue weighted by Crippen LogP contribution is 2.32. The fraction of sp³-hybridized carbons (Fsp3) is 0.538. The van der Waals surface area contributed by atoms with Crippen LogP contribution in [0.25, 0.3) is 11.2 Å². The number of carbonyl (C=O) groups excluding carboxylic acids is 1. The van der Waals surface area contributed by atoms with Crippen LogP contribution < -0.4 is 21.9 Å². The number of aliphatic hydroxyl groups is 3. The van der Waals surface area contributed by atoms with Crippen LogP contribution in [0, 0.1) is 0 Å². The number of rotatable bonds is 11. The zero-order valence-electron chi connectivity index (χ0n) is 24.0. The predicted molar refractivity (Wildman–Crippen MR) is 167 cm³/mol. The fourth-order valence-corrected chi connectivity index (χ4v) is 6.09. The number of aliphatic hydroxyl groups excluding tert-OH is 3. The number of hydrogen-bond acceptors (Lipinski definition) is 12. The van der Waals surface area contributed by atoms with Crippen LogP contribution in [0.4, 0.5) is 5.82 Å². The van der Waals surface area contributed by atoms with Crippen LogP contribution in [-0.2, 0) is 20.4 Å². The first-order valence-electron chi connectivity index (χ1n) is 13.1. The number of ether oxygens (including phenoxy) is 1. The maximum absolute atomic E-state index is 10.7. The van der Waals surface area contributed by atoms with Gasteiger partial charge in [0.25, 0.3) is 0 Å². The third-order valence-electron chi connectivity index (χ3n) is 6.51. The second-order valence-electron chi connectivity index (χ2n) is 10.1. The number of imidazole rings is 1. The summed E-state index contributed by atoms with van der Waals surface area (Å²) in [5.41, 5.74) is 12.8. The third-order valence-corrected chi connectivity index (χ3v) is 8.69. The van der Waals surface area contributed by atoms with Crippen molar-refractivity contribution in [2.45, 2.75) is 63.0 Å². The monoisotopic (exact) mass is 665 g/mol. The molecule has 1 fully saturated rings. The SMILES string of the molecule is CC(C)NCC(O)c1ccccc1Cl.C[S+](CCC(N)C(=O)[O-])C[C@H]1O[C@@H](n2cnc3c(N)ncnc32)[C@H](O)[C@@H]1O.Cl.O. The molecule has 14 nitrogen and oxygen atoms in total. The van der Waals surface area contributed by atoms with E-state index in [-0.39, 0.29) is 41.0 Å². The van der Waals surface area contributed by atoms with Gasteiger partial charge in [0.05, 0.1) is 24.7 Å².